The molecule has 4 heteroatoms. The Morgan fingerprint density at radius 2 is 2.00 bits per heavy atom. The lowest BCUT2D eigenvalue weighted by Crippen LogP contribution is -2.05. The standard InChI is InChI=1S/C14H13N3S/c1-7-5-12-13(6-10(7)16)18-14-8(2)9(15)3-4-11(14)17-12/h3-6,16H,15H2,1-2H3. The number of nitrogens with two attached hydrogens (primary N) is 1. The Labute approximate surface area is 109 Å². The maximum atomic E-state index is 7.86. The van der Waals surface area contributed by atoms with Crippen molar-refractivity contribution in [3.8, 4) is 10.6 Å². The molecular formula is C14H13N3S. The fourth-order valence-electron chi connectivity index (χ4n) is 1.99. The van der Waals surface area contributed by atoms with Crippen LogP contribution in [0.3, 0.4) is 0 Å². The molecule has 0 fully saturated rings. The summed E-state index contributed by atoms with van der Waals surface area (Å²) in [5.41, 5.74) is 10.7. The minimum Gasteiger partial charge on any atom is -0.398 e. The van der Waals surface area contributed by atoms with E-state index in [0.29, 0.717) is 5.36 Å². The zero-order valence-electron chi connectivity index (χ0n) is 10.2. The van der Waals surface area contributed by atoms with Gasteiger partial charge in [-0.1, -0.05) is 0 Å². The Balaban J connectivity index is 2.49. The van der Waals surface area contributed by atoms with Gasteiger partial charge in [0.1, 0.15) is 0 Å². The second-order valence-corrected chi connectivity index (χ2v) is 5.53. The quantitative estimate of drug-likeness (QED) is 0.479. The molecule has 1 aromatic carbocycles. The summed E-state index contributed by atoms with van der Waals surface area (Å²) in [7, 11) is 0. The molecule has 3 N–H and O–H groups in total. The number of rotatable bonds is 0. The minimum atomic E-state index is 0.557. The second kappa shape index (κ2) is 3.78. The van der Waals surface area contributed by atoms with Crippen LogP contribution in [0.15, 0.2) is 24.3 Å². The molecule has 0 atom stereocenters. The number of anilines is 1. The molecule has 0 unspecified atom stereocenters. The Hall–Kier alpha value is -1.94. The van der Waals surface area contributed by atoms with Gasteiger partial charge in [-0.15, -0.1) is 11.3 Å². The lowest BCUT2D eigenvalue weighted by molar-refractivity contribution is 1.20. The first-order valence-electron chi connectivity index (χ1n) is 5.71. The Morgan fingerprint density at radius 3 is 2.78 bits per heavy atom. The third kappa shape index (κ3) is 1.57. The van der Waals surface area contributed by atoms with Crippen LogP contribution in [0, 0.1) is 19.3 Å². The van der Waals surface area contributed by atoms with E-state index in [-0.39, 0.29) is 0 Å². The van der Waals surface area contributed by atoms with Crippen LogP contribution in [-0.4, -0.2) is 4.98 Å². The van der Waals surface area contributed by atoms with Crippen LogP contribution in [-0.2, 0) is 0 Å². The summed E-state index contributed by atoms with van der Waals surface area (Å²) in [6.45, 7) is 3.95. The summed E-state index contributed by atoms with van der Waals surface area (Å²) >= 11 is 1.65. The number of aryl methyl sites for hydroxylation is 2. The molecule has 0 saturated carbocycles. The van der Waals surface area contributed by atoms with Crippen LogP contribution in [0.1, 0.15) is 11.1 Å². The molecule has 3 nitrogen and oxygen atoms in total. The van der Waals surface area contributed by atoms with Gasteiger partial charge in [0, 0.05) is 5.69 Å². The van der Waals surface area contributed by atoms with Gasteiger partial charge < -0.3 is 11.1 Å². The summed E-state index contributed by atoms with van der Waals surface area (Å²) < 4.78 is 1.10. The Morgan fingerprint density at radius 1 is 1.22 bits per heavy atom. The zero-order valence-corrected chi connectivity index (χ0v) is 11.1. The molecule has 1 aliphatic carbocycles. The summed E-state index contributed by atoms with van der Waals surface area (Å²) in [5.74, 6) is 0. The van der Waals surface area contributed by atoms with E-state index < -0.39 is 0 Å². The zero-order chi connectivity index (χ0) is 12.9. The molecule has 90 valence electrons. The first-order chi connectivity index (χ1) is 8.56. The highest BCUT2D eigenvalue weighted by atomic mass is 32.1. The third-order valence-corrected chi connectivity index (χ3v) is 4.45. The molecule has 0 bridgehead atoms. The fraction of sp³-hybridized carbons (Fsp3) is 0.143. The van der Waals surface area contributed by atoms with Crippen molar-refractivity contribution < 1.29 is 0 Å². The van der Waals surface area contributed by atoms with Crippen LogP contribution in [0.25, 0.3) is 20.8 Å². The van der Waals surface area contributed by atoms with Crippen molar-refractivity contribution in [1.29, 1.82) is 5.41 Å². The lowest BCUT2D eigenvalue weighted by Gasteiger charge is -2.10. The molecule has 2 aliphatic rings. The second-order valence-electron chi connectivity index (χ2n) is 4.48. The maximum Gasteiger partial charge on any atom is 0.0814 e. The van der Waals surface area contributed by atoms with Crippen molar-refractivity contribution in [3.63, 3.8) is 0 Å². The van der Waals surface area contributed by atoms with E-state index in [1.807, 2.05) is 38.1 Å². The Bertz CT molecular complexity index is 789. The highest BCUT2D eigenvalue weighted by Crippen LogP contribution is 2.33. The predicted molar refractivity (Wildman–Crippen MR) is 76.0 cm³/mol. The fourth-order valence-corrected chi connectivity index (χ4v) is 3.09. The van der Waals surface area contributed by atoms with Crippen molar-refractivity contribution in [2.24, 2.45) is 0 Å². The van der Waals surface area contributed by atoms with Gasteiger partial charge in [0.2, 0.25) is 0 Å². The number of aromatic nitrogens is 1. The van der Waals surface area contributed by atoms with E-state index in [1.165, 1.54) is 0 Å². The first kappa shape index (κ1) is 11.2. The summed E-state index contributed by atoms with van der Waals surface area (Å²) in [6.07, 6.45) is 0. The van der Waals surface area contributed by atoms with E-state index in [0.717, 1.165) is 37.6 Å². The molecule has 1 aromatic rings. The minimum absolute atomic E-state index is 0.557. The van der Waals surface area contributed by atoms with E-state index >= 15 is 0 Å². The smallest absolute Gasteiger partial charge is 0.0814 e. The van der Waals surface area contributed by atoms with E-state index in [9.17, 15) is 0 Å². The summed E-state index contributed by atoms with van der Waals surface area (Å²) in [6, 6.07) is 7.70. The van der Waals surface area contributed by atoms with E-state index in [2.05, 4.69) is 4.98 Å². The van der Waals surface area contributed by atoms with E-state index in [1.54, 1.807) is 11.3 Å². The number of nitrogens with zero attached hydrogens (tertiary/aromatic N) is 1. The summed E-state index contributed by atoms with van der Waals surface area (Å²) in [5, 5.41) is 8.42. The van der Waals surface area contributed by atoms with Gasteiger partial charge in [-0.2, -0.15) is 0 Å². The molecule has 3 rings (SSSR count). The molecule has 1 heterocycles. The van der Waals surface area contributed by atoms with Crippen LogP contribution in [0.5, 0.6) is 0 Å². The van der Waals surface area contributed by atoms with Crippen molar-refractivity contribution in [2.45, 2.75) is 13.8 Å². The molecular weight excluding hydrogens is 242 g/mol. The van der Waals surface area contributed by atoms with Gasteiger partial charge in [-0.25, -0.2) is 4.98 Å². The van der Waals surface area contributed by atoms with E-state index in [4.69, 9.17) is 11.1 Å². The predicted octanol–water partition coefficient (Wildman–Crippen LogP) is 3.08. The topological polar surface area (TPSA) is 62.8 Å². The molecule has 18 heavy (non-hydrogen) atoms. The molecule has 0 spiro atoms. The molecule has 1 aliphatic heterocycles. The van der Waals surface area contributed by atoms with Gasteiger partial charge in [0.15, 0.2) is 0 Å². The van der Waals surface area contributed by atoms with Crippen molar-refractivity contribution in [3.05, 3.63) is 40.7 Å². The van der Waals surface area contributed by atoms with Crippen LogP contribution < -0.4 is 11.1 Å². The average molecular weight is 255 g/mol. The van der Waals surface area contributed by atoms with Gasteiger partial charge in [0.05, 0.1) is 26.1 Å². The van der Waals surface area contributed by atoms with Gasteiger partial charge in [-0.05, 0) is 49.2 Å². The van der Waals surface area contributed by atoms with Crippen LogP contribution >= 0.6 is 11.3 Å². The van der Waals surface area contributed by atoms with Gasteiger partial charge in [-0.3, -0.25) is 0 Å². The molecule has 0 radical (unpaired) electrons. The summed E-state index contributed by atoms with van der Waals surface area (Å²) in [4.78, 5) is 5.69. The van der Waals surface area contributed by atoms with Gasteiger partial charge >= 0.3 is 0 Å². The molecule has 0 saturated heterocycles. The molecule has 0 amide bonds. The van der Waals surface area contributed by atoms with Crippen LogP contribution in [0.2, 0.25) is 0 Å². The third-order valence-electron chi connectivity index (χ3n) is 3.19. The first-order valence-corrected chi connectivity index (χ1v) is 6.53. The number of nitrogen functional groups attached to an aromatic ring is 1. The van der Waals surface area contributed by atoms with Crippen molar-refractivity contribution >= 4 is 27.2 Å². The van der Waals surface area contributed by atoms with Crippen molar-refractivity contribution in [1.82, 2.24) is 4.98 Å². The Kier molecular flexibility index (Phi) is 2.35. The SMILES string of the molecule is Cc1cc2nc3ccc(N)c(C)c3sc-2cc1=N. The number of benzene rings is 2. The van der Waals surface area contributed by atoms with Crippen LogP contribution in [0.4, 0.5) is 5.69 Å². The largest absolute Gasteiger partial charge is 0.398 e. The number of fused-ring (bicyclic) bond motifs is 2. The monoisotopic (exact) mass is 255 g/mol. The maximum absolute atomic E-state index is 7.86. The molecule has 0 aromatic heterocycles. The average Bonchev–Trinajstić information content (AvgIpc) is 2.34. The van der Waals surface area contributed by atoms with Crippen molar-refractivity contribution in [2.75, 3.05) is 5.73 Å². The number of nitrogens with one attached hydrogen (secondary N) is 1. The number of hydrogen-bond acceptors (Lipinski definition) is 4. The highest BCUT2D eigenvalue weighted by Gasteiger charge is 2.10. The number of hydrogen-bond donors (Lipinski definition) is 2. The normalized spacial score (nSPS) is 11.2. The highest BCUT2D eigenvalue weighted by molar-refractivity contribution is 7.21. The lowest BCUT2D eigenvalue weighted by atomic mass is 10.1. The van der Waals surface area contributed by atoms with Gasteiger partial charge in [0.25, 0.3) is 0 Å².